The van der Waals surface area contributed by atoms with Crippen LogP contribution in [0.1, 0.15) is 62.6 Å². The van der Waals surface area contributed by atoms with E-state index in [1.165, 1.54) is 67.0 Å². The van der Waals surface area contributed by atoms with E-state index in [9.17, 15) is 0 Å². The fourth-order valence-electron chi connectivity index (χ4n) is 4.55. The topological polar surface area (TPSA) is 29.3 Å². The molecular weight excluding hydrogens is 292 g/mol. The van der Waals surface area contributed by atoms with Gasteiger partial charge in [-0.15, -0.1) is 0 Å². The van der Waals surface area contributed by atoms with E-state index in [0.717, 1.165) is 12.8 Å². The van der Waals surface area contributed by atoms with Gasteiger partial charge in [-0.1, -0.05) is 6.92 Å². The largest absolute Gasteiger partial charge is 0.278 e. The van der Waals surface area contributed by atoms with E-state index in [0.29, 0.717) is 0 Å². The number of benzene rings is 2. The van der Waals surface area contributed by atoms with E-state index in [-0.39, 0.29) is 0 Å². The van der Waals surface area contributed by atoms with E-state index in [2.05, 4.69) is 55.4 Å². The van der Waals surface area contributed by atoms with Crippen molar-refractivity contribution in [1.29, 1.82) is 0 Å². The molecule has 0 spiro atoms. The summed E-state index contributed by atoms with van der Waals surface area (Å²) in [5, 5.41) is 1.98. The Kier molecular flexibility index (Phi) is 4.00. The normalized spacial score (nSPS) is 13.1. The highest BCUT2D eigenvalue weighted by Gasteiger charge is 2.30. The highest BCUT2D eigenvalue weighted by molar-refractivity contribution is 5.82. The number of anilines is 2. The zero-order valence-electron chi connectivity index (χ0n) is 16.4. The Balaban J connectivity index is 2.39. The molecule has 2 aromatic carbocycles. The number of fused-ring (bicyclic) bond motifs is 2. The lowest BCUT2D eigenvalue weighted by atomic mass is 9.81. The molecule has 0 saturated heterocycles. The molecule has 3 rings (SSSR count). The third-order valence-electron chi connectivity index (χ3n) is 6.53. The monoisotopic (exact) mass is 322 g/mol. The van der Waals surface area contributed by atoms with Crippen molar-refractivity contribution in [3.8, 4) is 0 Å². The summed E-state index contributed by atoms with van der Waals surface area (Å²) in [6, 6.07) is 0. The second-order valence-electron chi connectivity index (χ2n) is 7.41. The first-order valence-electron chi connectivity index (χ1n) is 8.97. The molecule has 0 aromatic heterocycles. The highest BCUT2D eigenvalue weighted by Crippen LogP contribution is 2.46. The summed E-state index contributed by atoms with van der Waals surface area (Å²) in [7, 11) is 0. The first-order chi connectivity index (χ1) is 11.2. The van der Waals surface area contributed by atoms with Crippen molar-refractivity contribution in [2.24, 2.45) is 5.84 Å². The van der Waals surface area contributed by atoms with Crippen LogP contribution in [0.2, 0.25) is 0 Å². The van der Waals surface area contributed by atoms with Crippen molar-refractivity contribution in [3.63, 3.8) is 0 Å². The molecule has 2 N–H and O–H groups in total. The number of hydrogen-bond donors (Lipinski definition) is 1. The van der Waals surface area contributed by atoms with Crippen molar-refractivity contribution in [2.45, 2.75) is 68.2 Å². The molecule has 0 saturated carbocycles. The molecular formula is C22H30N2. The molecule has 1 aliphatic rings. The molecule has 128 valence electrons. The van der Waals surface area contributed by atoms with Gasteiger partial charge in [0.05, 0.1) is 11.4 Å². The Morgan fingerprint density at radius 2 is 1.12 bits per heavy atom. The summed E-state index contributed by atoms with van der Waals surface area (Å²) >= 11 is 0. The summed E-state index contributed by atoms with van der Waals surface area (Å²) in [6.07, 6.45) is 2.04. The van der Waals surface area contributed by atoms with Crippen LogP contribution >= 0.6 is 0 Å². The Hall–Kier alpha value is -1.80. The number of nitrogens with two attached hydrogens (primary N) is 1. The van der Waals surface area contributed by atoms with Gasteiger partial charge in [0, 0.05) is 6.42 Å². The molecule has 0 bridgehead atoms. The fourth-order valence-corrected chi connectivity index (χ4v) is 4.55. The second-order valence-corrected chi connectivity index (χ2v) is 7.41. The van der Waals surface area contributed by atoms with Crippen LogP contribution in [0.25, 0.3) is 0 Å². The van der Waals surface area contributed by atoms with Crippen LogP contribution in [0.3, 0.4) is 0 Å². The van der Waals surface area contributed by atoms with Gasteiger partial charge in [0.2, 0.25) is 0 Å². The average molecular weight is 322 g/mol. The van der Waals surface area contributed by atoms with Gasteiger partial charge in [0.15, 0.2) is 0 Å². The van der Waals surface area contributed by atoms with Gasteiger partial charge in [-0.25, -0.2) is 5.84 Å². The summed E-state index contributed by atoms with van der Waals surface area (Å²) in [4.78, 5) is 0. The second kappa shape index (κ2) is 5.63. The molecule has 24 heavy (non-hydrogen) atoms. The smallest absolute Gasteiger partial charge is 0.0645 e. The quantitative estimate of drug-likeness (QED) is 0.720. The summed E-state index contributed by atoms with van der Waals surface area (Å²) in [5.41, 5.74) is 16.4. The molecule has 1 aliphatic heterocycles. The number of nitrogens with zero attached hydrogens (tertiary/aromatic N) is 1. The van der Waals surface area contributed by atoms with E-state index < -0.39 is 0 Å². The van der Waals surface area contributed by atoms with Crippen molar-refractivity contribution in [3.05, 3.63) is 55.6 Å². The van der Waals surface area contributed by atoms with Gasteiger partial charge >= 0.3 is 0 Å². The lowest BCUT2D eigenvalue weighted by Crippen LogP contribution is -2.33. The van der Waals surface area contributed by atoms with Gasteiger partial charge < -0.3 is 0 Å². The summed E-state index contributed by atoms with van der Waals surface area (Å²) in [6.45, 7) is 17.9. The molecule has 0 unspecified atom stereocenters. The third kappa shape index (κ3) is 2.05. The number of hydrazine groups is 1. The van der Waals surface area contributed by atoms with E-state index in [4.69, 9.17) is 5.84 Å². The Morgan fingerprint density at radius 3 is 1.67 bits per heavy atom. The molecule has 0 fully saturated rings. The molecule has 0 atom stereocenters. The first kappa shape index (κ1) is 17.0. The zero-order chi connectivity index (χ0) is 17.9. The Morgan fingerprint density at radius 1 is 0.667 bits per heavy atom. The van der Waals surface area contributed by atoms with Gasteiger partial charge in [0.25, 0.3) is 0 Å². The maximum Gasteiger partial charge on any atom is 0.0645 e. The molecule has 2 nitrogen and oxygen atoms in total. The Labute approximate surface area is 146 Å². The third-order valence-corrected chi connectivity index (χ3v) is 6.53. The molecule has 0 aliphatic carbocycles. The van der Waals surface area contributed by atoms with Crippen molar-refractivity contribution in [2.75, 3.05) is 5.01 Å². The molecule has 0 amide bonds. The molecule has 0 radical (unpaired) electrons. The van der Waals surface area contributed by atoms with Crippen molar-refractivity contribution < 1.29 is 0 Å². The molecule has 2 heteroatoms. The maximum atomic E-state index is 6.72. The average Bonchev–Trinajstić information content (AvgIpc) is 2.55. The van der Waals surface area contributed by atoms with Crippen LogP contribution in [0.4, 0.5) is 11.4 Å². The fraction of sp³-hybridized carbons (Fsp3) is 0.455. The minimum absolute atomic E-state index is 0.990. The predicted octanol–water partition coefficient (Wildman–Crippen LogP) is 5.32. The van der Waals surface area contributed by atoms with E-state index in [1.54, 1.807) is 0 Å². The van der Waals surface area contributed by atoms with Gasteiger partial charge in [-0.05, 0) is 111 Å². The lowest BCUT2D eigenvalue weighted by Gasteiger charge is -2.37. The van der Waals surface area contributed by atoms with Crippen LogP contribution < -0.4 is 10.9 Å². The molecule has 1 heterocycles. The van der Waals surface area contributed by atoms with Gasteiger partial charge in [-0.3, -0.25) is 5.01 Å². The minimum atomic E-state index is 0.990. The van der Waals surface area contributed by atoms with Crippen molar-refractivity contribution in [1.82, 2.24) is 0 Å². The van der Waals surface area contributed by atoms with Crippen LogP contribution in [-0.4, -0.2) is 0 Å². The van der Waals surface area contributed by atoms with Crippen LogP contribution in [-0.2, 0) is 12.8 Å². The number of hydrogen-bond acceptors (Lipinski definition) is 2. The zero-order valence-corrected chi connectivity index (χ0v) is 16.4. The Bertz CT molecular complexity index is 860. The highest BCUT2D eigenvalue weighted by atomic mass is 15.4. The molecule has 2 aromatic rings. The van der Waals surface area contributed by atoms with Crippen LogP contribution in [0.15, 0.2) is 0 Å². The lowest BCUT2D eigenvalue weighted by molar-refractivity contribution is 0.927. The van der Waals surface area contributed by atoms with Crippen molar-refractivity contribution >= 4 is 11.4 Å². The first-order valence-corrected chi connectivity index (χ1v) is 8.97. The standard InChI is InChI=1S/C22H30N2/c1-9-18-14(5)15(6)20-10-19-13(4)11(2)12(3)16(7)21(19)24(23)22(20)17(18)8/h9-10,23H2,1-8H3. The number of rotatable bonds is 1. The predicted molar refractivity (Wildman–Crippen MR) is 105 cm³/mol. The van der Waals surface area contributed by atoms with E-state index >= 15 is 0 Å². The van der Waals surface area contributed by atoms with Crippen LogP contribution in [0, 0.1) is 48.5 Å². The minimum Gasteiger partial charge on any atom is -0.278 e. The van der Waals surface area contributed by atoms with Gasteiger partial charge in [-0.2, -0.15) is 0 Å². The van der Waals surface area contributed by atoms with Gasteiger partial charge in [0.1, 0.15) is 0 Å². The SMILES string of the molecule is CCc1c(C)c(C)c2c(c1C)N(N)c1c(C)c(C)c(C)c(C)c1C2. The summed E-state index contributed by atoms with van der Waals surface area (Å²) in [5.74, 6) is 6.72. The van der Waals surface area contributed by atoms with E-state index in [1.807, 2.05) is 5.01 Å². The summed E-state index contributed by atoms with van der Waals surface area (Å²) < 4.78 is 0. The van der Waals surface area contributed by atoms with Crippen LogP contribution in [0.5, 0.6) is 0 Å². The maximum absolute atomic E-state index is 6.72.